The van der Waals surface area contributed by atoms with E-state index in [1.54, 1.807) is 4.90 Å². The van der Waals surface area contributed by atoms with Crippen molar-refractivity contribution in [2.45, 2.75) is 64.6 Å². The monoisotopic (exact) mass is 419 g/mol. The van der Waals surface area contributed by atoms with Crippen LogP contribution in [-0.4, -0.2) is 46.9 Å². The number of ketones is 1. The number of carbonyl (C=O) groups excluding carboxylic acids is 3. The maximum absolute atomic E-state index is 13.1. The lowest BCUT2D eigenvalue weighted by Crippen LogP contribution is -2.54. The highest BCUT2D eigenvalue weighted by molar-refractivity contribution is 7.80. The van der Waals surface area contributed by atoms with E-state index in [9.17, 15) is 14.4 Å². The largest absolute Gasteiger partial charge is 0.356 e. The molecule has 0 unspecified atom stereocenters. The van der Waals surface area contributed by atoms with Crippen LogP contribution in [0.4, 0.5) is 0 Å². The Morgan fingerprint density at radius 1 is 1.21 bits per heavy atom. The fourth-order valence-electron chi connectivity index (χ4n) is 3.64. The van der Waals surface area contributed by atoms with Crippen molar-refractivity contribution in [3.8, 4) is 0 Å². The van der Waals surface area contributed by atoms with Gasteiger partial charge in [0.2, 0.25) is 11.8 Å². The lowest BCUT2D eigenvalue weighted by atomic mass is 9.87. The predicted octanol–water partition coefficient (Wildman–Crippen LogP) is 2.10. The zero-order valence-corrected chi connectivity index (χ0v) is 18.3. The molecule has 29 heavy (non-hydrogen) atoms. The minimum absolute atomic E-state index is 0.0117. The Morgan fingerprint density at radius 2 is 1.90 bits per heavy atom. The molecule has 6 nitrogen and oxygen atoms in total. The second kappa shape index (κ2) is 11.4. The van der Waals surface area contributed by atoms with Gasteiger partial charge in [0.05, 0.1) is 12.1 Å². The van der Waals surface area contributed by atoms with E-state index < -0.39 is 12.1 Å². The molecule has 2 atom stereocenters. The van der Waals surface area contributed by atoms with Crippen molar-refractivity contribution in [1.29, 1.82) is 0 Å². The molecule has 1 aromatic rings. The summed E-state index contributed by atoms with van der Waals surface area (Å²) in [6, 6.07) is 6.85. The fourth-order valence-corrected chi connectivity index (χ4v) is 3.84. The van der Waals surface area contributed by atoms with Crippen molar-refractivity contribution in [2.24, 2.45) is 11.7 Å². The highest BCUT2D eigenvalue weighted by Crippen LogP contribution is 2.26. The summed E-state index contributed by atoms with van der Waals surface area (Å²) in [5.41, 5.74) is 8.40. The third kappa shape index (κ3) is 6.57. The standard InChI is InChI=1S/C22H33N3O3S/c1-15(2)21(27)19-13-16-7-3-4-8-17(16)14-25(19)22(28)18(23)9-5-6-11-24-20(26)10-12-29/h3-4,7-8,15,18-19,29H,5-6,9-14,23H2,1-2H3,(H,24,26)/t18-,19-/m1/s1. The fraction of sp³-hybridized carbons (Fsp3) is 0.591. The van der Waals surface area contributed by atoms with Crippen LogP contribution >= 0.6 is 12.6 Å². The van der Waals surface area contributed by atoms with Crippen molar-refractivity contribution >= 4 is 30.2 Å². The van der Waals surface area contributed by atoms with Crippen LogP contribution in [0.1, 0.15) is 50.7 Å². The number of unbranched alkanes of at least 4 members (excludes halogenated alkanes) is 1. The van der Waals surface area contributed by atoms with Gasteiger partial charge in [-0.1, -0.05) is 38.1 Å². The molecule has 1 aliphatic rings. The van der Waals surface area contributed by atoms with E-state index in [-0.39, 0.29) is 23.5 Å². The Labute approximate surface area is 179 Å². The molecule has 2 rings (SSSR count). The summed E-state index contributed by atoms with van der Waals surface area (Å²) in [4.78, 5) is 39.0. The van der Waals surface area contributed by atoms with E-state index in [1.165, 1.54) is 0 Å². The first kappa shape index (κ1) is 23.4. The Kier molecular flexibility index (Phi) is 9.17. The van der Waals surface area contributed by atoms with Crippen LogP contribution in [0.2, 0.25) is 0 Å². The number of hydrogen-bond acceptors (Lipinski definition) is 5. The average Bonchev–Trinajstić information content (AvgIpc) is 2.71. The van der Waals surface area contributed by atoms with Crippen LogP contribution < -0.4 is 11.1 Å². The van der Waals surface area contributed by atoms with Crippen molar-refractivity contribution in [1.82, 2.24) is 10.2 Å². The maximum atomic E-state index is 13.1. The lowest BCUT2D eigenvalue weighted by Gasteiger charge is -2.38. The Hall–Kier alpha value is -1.86. The molecule has 0 fully saturated rings. The number of amides is 2. The average molecular weight is 420 g/mol. The van der Waals surface area contributed by atoms with Gasteiger partial charge in [0.1, 0.15) is 0 Å². The van der Waals surface area contributed by atoms with Crippen LogP contribution in [0, 0.1) is 5.92 Å². The van der Waals surface area contributed by atoms with Gasteiger partial charge in [-0.05, 0) is 36.1 Å². The van der Waals surface area contributed by atoms with E-state index in [4.69, 9.17) is 5.73 Å². The molecule has 0 saturated carbocycles. The number of thiol groups is 1. The minimum Gasteiger partial charge on any atom is -0.356 e. The number of nitrogens with zero attached hydrogens (tertiary/aromatic N) is 1. The number of hydrogen-bond donors (Lipinski definition) is 3. The first-order valence-corrected chi connectivity index (χ1v) is 11.0. The molecule has 1 heterocycles. The zero-order chi connectivity index (χ0) is 21.4. The van der Waals surface area contributed by atoms with E-state index >= 15 is 0 Å². The van der Waals surface area contributed by atoms with Crippen molar-refractivity contribution < 1.29 is 14.4 Å². The molecule has 7 heteroatoms. The van der Waals surface area contributed by atoms with E-state index in [0.717, 1.165) is 24.0 Å². The number of nitrogens with one attached hydrogen (secondary N) is 1. The van der Waals surface area contributed by atoms with Gasteiger partial charge < -0.3 is 16.0 Å². The first-order chi connectivity index (χ1) is 13.8. The summed E-state index contributed by atoms with van der Waals surface area (Å²) >= 11 is 4.03. The summed E-state index contributed by atoms with van der Waals surface area (Å²) in [7, 11) is 0. The third-order valence-electron chi connectivity index (χ3n) is 5.35. The second-order valence-corrected chi connectivity index (χ2v) is 8.38. The van der Waals surface area contributed by atoms with Gasteiger partial charge >= 0.3 is 0 Å². The van der Waals surface area contributed by atoms with Crippen LogP contribution in [0.5, 0.6) is 0 Å². The summed E-state index contributed by atoms with van der Waals surface area (Å²) in [6.45, 7) is 4.73. The van der Waals surface area contributed by atoms with E-state index in [0.29, 0.717) is 38.1 Å². The molecular weight excluding hydrogens is 386 g/mol. The molecule has 1 aromatic carbocycles. The summed E-state index contributed by atoms with van der Waals surface area (Å²) in [5.74, 6) is 0.282. The Balaban J connectivity index is 1.95. The molecule has 2 amide bonds. The van der Waals surface area contributed by atoms with Crippen molar-refractivity contribution in [2.75, 3.05) is 12.3 Å². The smallest absolute Gasteiger partial charge is 0.240 e. The number of benzene rings is 1. The molecule has 0 aliphatic carbocycles. The van der Waals surface area contributed by atoms with E-state index in [2.05, 4.69) is 17.9 Å². The first-order valence-electron chi connectivity index (χ1n) is 10.4. The molecule has 3 N–H and O–H groups in total. The maximum Gasteiger partial charge on any atom is 0.240 e. The number of Topliss-reactive ketones (excluding diaryl/α,β-unsaturated/α-hetero) is 1. The SMILES string of the molecule is CC(C)C(=O)[C@H]1Cc2ccccc2CN1C(=O)[C@H](N)CCCCNC(=O)CCS. The predicted molar refractivity (Wildman–Crippen MR) is 118 cm³/mol. The van der Waals surface area contributed by atoms with Gasteiger partial charge in [-0.2, -0.15) is 12.6 Å². The van der Waals surface area contributed by atoms with Crippen LogP contribution in [0.15, 0.2) is 24.3 Å². The van der Waals surface area contributed by atoms with Gasteiger partial charge in [-0.3, -0.25) is 14.4 Å². The molecule has 0 bridgehead atoms. The number of carbonyl (C=O) groups is 3. The summed E-state index contributed by atoms with van der Waals surface area (Å²) in [6.07, 6.45) is 2.98. The van der Waals surface area contributed by atoms with Gasteiger partial charge in [0, 0.05) is 31.8 Å². The van der Waals surface area contributed by atoms with E-state index in [1.807, 2.05) is 38.1 Å². The number of rotatable bonds is 10. The molecule has 0 saturated heterocycles. The molecule has 160 valence electrons. The Bertz CT molecular complexity index is 723. The highest BCUT2D eigenvalue weighted by atomic mass is 32.1. The van der Waals surface area contributed by atoms with Gasteiger partial charge in [-0.15, -0.1) is 0 Å². The summed E-state index contributed by atoms with van der Waals surface area (Å²) in [5, 5.41) is 2.83. The quantitative estimate of drug-likeness (QED) is 0.400. The van der Waals surface area contributed by atoms with Gasteiger partial charge in [0.25, 0.3) is 0 Å². The third-order valence-corrected chi connectivity index (χ3v) is 5.57. The van der Waals surface area contributed by atoms with Gasteiger partial charge in [-0.25, -0.2) is 0 Å². The van der Waals surface area contributed by atoms with Crippen LogP contribution in [0.3, 0.4) is 0 Å². The molecule has 0 spiro atoms. The lowest BCUT2D eigenvalue weighted by molar-refractivity contribution is -0.143. The highest BCUT2D eigenvalue weighted by Gasteiger charge is 2.36. The number of fused-ring (bicyclic) bond motifs is 1. The molecule has 0 aromatic heterocycles. The normalized spacial score (nSPS) is 17.0. The minimum atomic E-state index is -0.643. The molecule has 1 aliphatic heterocycles. The van der Waals surface area contributed by atoms with Crippen LogP contribution in [-0.2, 0) is 27.3 Å². The summed E-state index contributed by atoms with van der Waals surface area (Å²) < 4.78 is 0. The van der Waals surface area contributed by atoms with Gasteiger partial charge in [0.15, 0.2) is 5.78 Å². The molecular formula is C22H33N3O3S. The second-order valence-electron chi connectivity index (χ2n) is 7.94. The topological polar surface area (TPSA) is 92.5 Å². The molecule has 0 radical (unpaired) electrons. The Morgan fingerprint density at radius 3 is 2.55 bits per heavy atom. The zero-order valence-electron chi connectivity index (χ0n) is 17.4. The van der Waals surface area contributed by atoms with Crippen molar-refractivity contribution in [3.05, 3.63) is 35.4 Å². The number of nitrogens with two attached hydrogens (primary N) is 1. The van der Waals surface area contributed by atoms with Crippen LogP contribution in [0.25, 0.3) is 0 Å². The van der Waals surface area contributed by atoms with Crippen molar-refractivity contribution in [3.63, 3.8) is 0 Å².